The molecule has 1 atom stereocenters. The lowest BCUT2D eigenvalue weighted by molar-refractivity contribution is -0.124. The average Bonchev–Trinajstić information content (AvgIpc) is 3.53. The van der Waals surface area contributed by atoms with Crippen LogP contribution in [0.1, 0.15) is 42.7 Å². The van der Waals surface area contributed by atoms with Crippen LogP contribution in [0.3, 0.4) is 0 Å². The number of pyridine rings is 1. The van der Waals surface area contributed by atoms with Crippen LogP contribution in [0.15, 0.2) is 54.2 Å². The molecule has 1 aliphatic heterocycles. The number of esters is 1. The number of allylic oxidation sites excluding steroid dienone is 1. The van der Waals surface area contributed by atoms with Crippen molar-refractivity contribution in [3.63, 3.8) is 0 Å². The summed E-state index contributed by atoms with van der Waals surface area (Å²) >= 11 is 0. The van der Waals surface area contributed by atoms with Gasteiger partial charge in [0.2, 0.25) is 0 Å². The van der Waals surface area contributed by atoms with Crippen LogP contribution in [0.5, 0.6) is 0 Å². The molecule has 8 heteroatoms. The lowest BCUT2D eigenvalue weighted by Crippen LogP contribution is -2.28. The number of aryl methyl sites for hydroxylation is 2. The number of hydrogen-bond acceptors (Lipinski definition) is 6. The first-order chi connectivity index (χ1) is 17.0. The van der Waals surface area contributed by atoms with E-state index in [2.05, 4.69) is 10.6 Å². The fourth-order valence-electron chi connectivity index (χ4n) is 4.19. The third-order valence-electron chi connectivity index (χ3n) is 6.28. The van der Waals surface area contributed by atoms with E-state index in [1.165, 1.54) is 12.7 Å². The normalized spacial score (nSPS) is 15.9. The summed E-state index contributed by atoms with van der Waals surface area (Å²) in [5.41, 5.74) is 4.40. The molecule has 1 aliphatic rings. The number of aromatic nitrogens is 2. The molecule has 2 N–H and O–H groups in total. The van der Waals surface area contributed by atoms with Crippen molar-refractivity contribution in [2.24, 2.45) is 0 Å². The zero-order valence-electron chi connectivity index (χ0n) is 20.5. The van der Waals surface area contributed by atoms with Gasteiger partial charge in [0.25, 0.3) is 5.91 Å². The molecule has 0 aliphatic carbocycles. The van der Waals surface area contributed by atoms with Crippen molar-refractivity contribution in [1.82, 2.24) is 9.55 Å². The summed E-state index contributed by atoms with van der Waals surface area (Å²) in [6.45, 7) is 5.76. The van der Waals surface area contributed by atoms with Gasteiger partial charge in [0.05, 0.1) is 24.7 Å². The van der Waals surface area contributed by atoms with Crippen molar-refractivity contribution in [3.8, 4) is 0 Å². The number of methoxy groups -OCH3 is 1. The minimum Gasteiger partial charge on any atom is -0.464 e. The average molecular weight is 477 g/mol. The Balaban J connectivity index is 1.78. The third kappa shape index (κ3) is 5.54. The number of rotatable bonds is 9. The molecule has 0 bridgehead atoms. The van der Waals surface area contributed by atoms with Gasteiger partial charge >= 0.3 is 5.97 Å². The Morgan fingerprint density at radius 1 is 1.29 bits per heavy atom. The molecule has 3 heterocycles. The quantitative estimate of drug-likeness (QED) is 0.347. The number of carbonyl (C=O) groups excluding carboxylic acids is 2. The van der Waals surface area contributed by atoms with E-state index >= 15 is 0 Å². The van der Waals surface area contributed by atoms with Crippen molar-refractivity contribution in [2.45, 2.75) is 45.8 Å². The van der Waals surface area contributed by atoms with E-state index in [1.807, 2.05) is 60.9 Å². The monoisotopic (exact) mass is 476 g/mol. The van der Waals surface area contributed by atoms with Crippen LogP contribution in [-0.4, -0.2) is 47.8 Å². The summed E-state index contributed by atoms with van der Waals surface area (Å²) in [7, 11) is 1.34. The van der Waals surface area contributed by atoms with Gasteiger partial charge in [-0.3, -0.25) is 4.79 Å². The van der Waals surface area contributed by atoms with Crippen LogP contribution < -0.4 is 10.6 Å². The molecule has 35 heavy (non-hydrogen) atoms. The number of anilines is 2. The summed E-state index contributed by atoms with van der Waals surface area (Å²) in [6, 6.07) is 12.0. The molecule has 4 rings (SSSR count). The molecule has 0 saturated carbocycles. The van der Waals surface area contributed by atoms with E-state index < -0.39 is 12.1 Å². The molecule has 184 valence electrons. The maximum atomic E-state index is 13.0. The number of carbonyl (C=O) groups is 2. The zero-order chi connectivity index (χ0) is 24.8. The fourth-order valence-corrected chi connectivity index (χ4v) is 4.19. The predicted molar refractivity (Wildman–Crippen MR) is 137 cm³/mol. The van der Waals surface area contributed by atoms with Crippen molar-refractivity contribution in [1.29, 1.82) is 0 Å². The molecular formula is C27H32N4O4. The number of nitrogens with zero attached hydrogens (tertiary/aromatic N) is 2. The number of fused-ring (bicyclic) bond motifs is 1. The van der Waals surface area contributed by atoms with Crippen molar-refractivity contribution >= 4 is 34.3 Å². The van der Waals surface area contributed by atoms with Gasteiger partial charge in [0, 0.05) is 25.1 Å². The number of nitrogens with one attached hydrogen (secondary N) is 2. The second-order valence-electron chi connectivity index (χ2n) is 8.68. The van der Waals surface area contributed by atoms with Gasteiger partial charge in [-0.15, -0.1) is 0 Å². The van der Waals surface area contributed by atoms with Crippen molar-refractivity contribution in [2.75, 3.05) is 30.9 Å². The number of ether oxygens (including phenoxy) is 2. The molecule has 1 aromatic carbocycles. The lowest BCUT2D eigenvalue weighted by Gasteiger charge is -2.13. The van der Waals surface area contributed by atoms with Gasteiger partial charge in [-0.05, 0) is 44.7 Å². The summed E-state index contributed by atoms with van der Waals surface area (Å²) in [4.78, 5) is 30.7. The van der Waals surface area contributed by atoms with Crippen LogP contribution >= 0.6 is 0 Å². The molecule has 0 radical (unpaired) electrons. The van der Waals surface area contributed by atoms with E-state index in [0.29, 0.717) is 49.3 Å². The first kappa shape index (κ1) is 24.5. The van der Waals surface area contributed by atoms with Gasteiger partial charge in [-0.1, -0.05) is 42.0 Å². The van der Waals surface area contributed by atoms with Gasteiger partial charge in [-0.2, -0.15) is 0 Å². The van der Waals surface area contributed by atoms with Gasteiger partial charge < -0.3 is 24.7 Å². The lowest BCUT2D eigenvalue weighted by atomic mass is 10.1. The van der Waals surface area contributed by atoms with E-state index in [1.54, 1.807) is 6.20 Å². The fraction of sp³-hybridized carbons (Fsp3) is 0.370. The van der Waals surface area contributed by atoms with Gasteiger partial charge in [0.1, 0.15) is 11.8 Å². The molecule has 3 aromatic rings. The zero-order valence-corrected chi connectivity index (χ0v) is 20.5. The molecular weight excluding hydrogens is 444 g/mol. The predicted octanol–water partition coefficient (Wildman–Crippen LogP) is 4.56. The summed E-state index contributed by atoms with van der Waals surface area (Å²) in [5, 5.41) is 7.00. The first-order valence-corrected chi connectivity index (χ1v) is 11.9. The van der Waals surface area contributed by atoms with Crippen molar-refractivity contribution in [3.05, 3.63) is 65.5 Å². The Morgan fingerprint density at radius 3 is 2.77 bits per heavy atom. The van der Waals surface area contributed by atoms with Gasteiger partial charge in [0.15, 0.2) is 5.69 Å². The summed E-state index contributed by atoms with van der Waals surface area (Å²) in [6.07, 6.45) is 5.43. The van der Waals surface area contributed by atoms with Crippen LogP contribution in [0, 0.1) is 0 Å². The second kappa shape index (κ2) is 11.2. The Kier molecular flexibility index (Phi) is 7.82. The number of benzene rings is 1. The first-order valence-electron chi connectivity index (χ1n) is 11.9. The smallest absolute Gasteiger partial charge is 0.356 e. The molecule has 1 fully saturated rings. The van der Waals surface area contributed by atoms with Crippen LogP contribution in [0.25, 0.3) is 11.0 Å². The van der Waals surface area contributed by atoms with E-state index in [0.717, 1.165) is 17.7 Å². The second-order valence-corrected chi connectivity index (χ2v) is 8.68. The topological polar surface area (TPSA) is 94.5 Å². The minimum absolute atomic E-state index is 0.266. The van der Waals surface area contributed by atoms with E-state index in [4.69, 9.17) is 14.5 Å². The molecule has 0 spiro atoms. The molecule has 2 aromatic heterocycles. The maximum absolute atomic E-state index is 13.0. The van der Waals surface area contributed by atoms with Crippen LogP contribution in [0.2, 0.25) is 0 Å². The minimum atomic E-state index is -0.533. The van der Waals surface area contributed by atoms with Gasteiger partial charge in [-0.25, -0.2) is 9.78 Å². The Hall–Kier alpha value is -3.65. The van der Waals surface area contributed by atoms with Crippen LogP contribution in [-0.2, 0) is 27.2 Å². The largest absolute Gasteiger partial charge is 0.464 e. The highest BCUT2D eigenvalue weighted by atomic mass is 16.5. The van der Waals surface area contributed by atoms with E-state index in [9.17, 15) is 9.59 Å². The van der Waals surface area contributed by atoms with Crippen LogP contribution in [0.4, 0.5) is 11.4 Å². The highest BCUT2D eigenvalue weighted by molar-refractivity contribution is 6.12. The number of amides is 1. The molecule has 1 unspecified atom stereocenters. The highest BCUT2D eigenvalue weighted by Crippen LogP contribution is 2.33. The standard InChI is InChI=1S/C27H32N4O4/c1-4-18(2)16-28-20-15-21-23(30-26(32)22-11-8-14-35-22)24(27(33)34-3)31(25(21)29-17-20)13-12-19-9-6-5-7-10-19/h4-7,9-10,15,17,22,28H,8,11-14,16H2,1-3H3,(H,30,32). The maximum Gasteiger partial charge on any atom is 0.356 e. The Labute approximate surface area is 205 Å². The molecule has 1 amide bonds. The van der Waals surface area contributed by atoms with Crippen molar-refractivity contribution < 1.29 is 19.1 Å². The van der Waals surface area contributed by atoms with E-state index in [-0.39, 0.29) is 11.6 Å². The Bertz CT molecular complexity index is 1230. The number of hydrogen-bond donors (Lipinski definition) is 2. The molecule has 1 saturated heterocycles. The highest BCUT2D eigenvalue weighted by Gasteiger charge is 2.30. The summed E-state index contributed by atoms with van der Waals surface area (Å²) in [5.74, 6) is -0.796. The summed E-state index contributed by atoms with van der Waals surface area (Å²) < 4.78 is 12.5. The SMILES string of the molecule is CC=C(C)CNc1cnc2c(c1)c(NC(=O)C1CCCO1)c(C(=O)OC)n2CCc1ccccc1. The molecule has 8 nitrogen and oxygen atoms in total. The Morgan fingerprint density at radius 2 is 2.09 bits per heavy atom. The third-order valence-corrected chi connectivity index (χ3v) is 6.28.